The quantitative estimate of drug-likeness (QED) is 0.584. The first-order valence-electron chi connectivity index (χ1n) is 8.90. The van der Waals surface area contributed by atoms with Crippen molar-refractivity contribution in [2.75, 3.05) is 12.4 Å². The van der Waals surface area contributed by atoms with Gasteiger partial charge in [0.15, 0.2) is 5.82 Å². The molecule has 27 heavy (non-hydrogen) atoms. The number of nitrogens with zero attached hydrogens (tertiary/aromatic N) is 5. The van der Waals surface area contributed by atoms with Gasteiger partial charge in [0, 0.05) is 11.6 Å². The predicted molar refractivity (Wildman–Crippen MR) is 103 cm³/mol. The second-order valence-corrected chi connectivity index (χ2v) is 6.56. The van der Waals surface area contributed by atoms with Gasteiger partial charge in [-0.3, -0.25) is 4.57 Å². The Bertz CT molecular complexity index is 1100. The van der Waals surface area contributed by atoms with Crippen molar-refractivity contribution in [1.82, 2.24) is 24.7 Å². The molecule has 134 valence electrons. The molecule has 0 aliphatic heterocycles. The van der Waals surface area contributed by atoms with Gasteiger partial charge in [0.2, 0.25) is 0 Å². The first-order chi connectivity index (χ1) is 13.3. The van der Waals surface area contributed by atoms with Crippen LogP contribution in [0.5, 0.6) is 5.75 Å². The van der Waals surface area contributed by atoms with Gasteiger partial charge in [-0.25, -0.2) is 4.98 Å². The molecule has 1 saturated carbocycles. The number of para-hydroxylation sites is 2. The fourth-order valence-corrected chi connectivity index (χ4v) is 3.14. The number of methoxy groups -OCH3 is 1. The largest absolute Gasteiger partial charge is 0.497 e. The first kappa shape index (κ1) is 15.7. The Labute approximate surface area is 156 Å². The third kappa shape index (κ3) is 2.97. The van der Waals surface area contributed by atoms with E-state index in [4.69, 9.17) is 9.72 Å². The second kappa shape index (κ2) is 6.35. The van der Waals surface area contributed by atoms with Gasteiger partial charge in [0.25, 0.3) is 5.95 Å². The minimum atomic E-state index is 0.471. The third-order valence-corrected chi connectivity index (χ3v) is 4.64. The molecule has 0 amide bonds. The van der Waals surface area contributed by atoms with Crippen LogP contribution in [0.2, 0.25) is 0 Å². The van der Waals surface area contributed by atoms with Gasteiger partial charge in [0.05, 0.1) is 24.3 Å². The number of hydrogen-bond acceptors (Lipinski definition) is 6. The lowest BCUT2D eigenvalue weighted by Gasteiger charge is -2.09. The number of hydrogen-bond donors (Lipinski definition) is 1. The molecule has 2 heterocycles. The molecule has 1 aliphatic carbocycles. The number of anilines is 2. The minimum Gasteiger partial charge on any atom is -0.497 e. The first-order valence-corrected chi connectivity index (χ1v) is 8.90. The fourth-order valence-electron chi connectivity index (χ4n) is 3.14. The molecule has 2 aromatic heterocycles. The highest BCUT2D eigenvalue weighted by Gasteiger charge is 2.30. The molecule has 0 radical (unpaired) electrons. The van der Waals surface area contributed by atoms with Gasteiger partial charge in [-0.2, -0.15) is 10.1 Å². The van der Waals surface area contributed by atoms with Gasteiger partial charge < -0.3 is 10.1 Å². The van der Waals surface area contributed by atoms with Gasteiger partial charge in [-0.15, -0.1) is 5.10 Å². The zero-order chi connectivity index (χ0) is 18.2. The zero-order valence-electron chi connectivity index (χ0n) is 14.8. The summed E-state index contributed by atoms with van der Waals surface area (Å²) in [5, 5.41) is 11.7. The molecule has 0 unspecified atom stereocenters. The van der Waals surface area contributed by atoms with Crippen LogP contribution < -0.4 is 10.1 Å². The average Bonchev–Trinajstić information content (AvgIpc) is 3.49. The molecular formula is C20H18N6O. The number of aromatic nitrogens is 5. The van der Waals surface area contributed by atoms with Gasteiger partial charge in [0.1, 0.15) is 11.6 Å². The summed E-state index contributed by atoms with van der Waals surface area (Å²) < 4.78 is 7.22. The molecular weight excluding hydrogens is 340 g/mol. The topological polar surface area (TPSA) is 77.8 Å². The van der Waals surface area contributed by atoms with E-state index in [0.29, 0.717) is 17.7 Å². The number of fused-ring (bicyclic) bond motifs is 1. The molecule has 1 N–H and O–H groups in total. The summed E-state index contributed by atoms with van der Waals surface area (Å²) in [5.74, 6) is 3.45. The number of imidazole rings is 1. The lowest BCUT2D eigenvalue weighted by Crippen LogP contribution is -2.08. The lowest BCUT2D eigenvalue weighted by atomic mass is 10.3. The van der Waals surface area contributed by atoms with Gasteiger partial charge in [-0.05, 0) is 49.2 Å². The second-order valence-electron chi connectivity index (χ2n) is 6.56. The van der Waals surface area contributed by atoms with Crippen molar-refractivity contribution in [2.24, 2.45) is 0 Å². The van der Waals surface area contributed by atoms with E-state index >= 15 is 0 Å². The highest BCUT2D eigenvalue weighted by molar-refractivity contribution is 5.78. The Hall–Kier alpha value is -3.48. The molecule has 1 aliphatic rings. The molecule has 0 saturated heterocycles. The summed E-state index contributed by atoms with van der Waals surface area (Å²) >= 11 is 0. The van der Waals surface area contributed by atoms with Crippen molar-refractivity contribution >= 4 is 22.5 Å². The Kier molecular flexibility index (Phi) is 3.71. The smallest absolute Gasteiger partial charge is 0.257 e. The minimum absolute atomic E-state index is 0.471. The predicted octanol–water partition coefficient (Wildman–Crippen LogP) is 3.84. The molecule has 7 heteroatoms. The standard InChI is InChI=1S/C20H18N6O/c1-27-15-10-8-14(9-11-15)22-18-12-21-25-20(24-18)26-17-5-3-2-4-16(17)23-19(26)13-6-7-13/h2-5,8-13H,6-7H2,1H3,(H,22,24,25). The highest BCUT2D eigenvalue weighted by atomic mass is 16.5. The van der Waals surface area contributed by atoms with Crippen LogP contribution in [0.1, 0.15) is 24.6 Å². The maximum Gasteiger partial charge on any atom is 0.257 e. The summed E-state index contributed by atoms with van der Waals surface area (Å²) in [4.78, 5) is 9.49. The molecule has 5 rings (SSSR count). The Morgan fingerprint density at radius 3 is 2.63 bits per heavy atom. The van der Waals surface area contributed by atoms with Crippen LogP contribution in [0.25, 0.3) is 17.0 Å². The highest BCUT2D eigenvalue weighted by Crippen LogP contribution is 2.41. The summed E-state index contributed by atoms with van der Waals surface area (Å²) in [6.45, 7) is 0. The number of ether oxygens (including phenoxy) is 1. The summed E-state index contributed by atoms with van der Waals surface area (Å²) in [6, 6.07) is 15.7. The van der Waals surface area contributed by atoms with E-state index in [0.717, 1.165) is 41.1 Å². The maximum absolute atomic E-state index is 5.19. The maximum atomic E-state index is 5.19. The molecule has 0 spiro atoms. The van der Waals surface area contributed by atoms with Crippen molar-refractivity contribution in [3.05, 3.63) is 60.6 Å². The van der Waals surface area contributed by atoms with Crippen LogP contribution in [0.3, 0.4) is 0 Å². The Balaban J connectivity index is 1.54. The van der Waals surface area contributed by atoms with Gasteiger partial charge in [-0.1, -0.05) is 12.1 Å². The van der Waals surface area contributed by atoms with Crippen molar-refractivity contribution in [2.45, 2.75) is 18.8 Å². The monoisotopic (exact) mass is 358 g/mol. The molecule has 1 fully saturated rings. The zero-order valence-corrected chi connectivity index (χ0v) is 14.8. The van der Waals surface area contributed by atoms with Crippen molar-refractivity contribution < 1.29 is 4.74 Å². The SMILES string of the molecule is COc1ccc(Nc2cnnc(-n3c(C4CC4)nc4ccccc43)n2)cc1. The molecule has 0 atom stereocenters. The Morgan fingerprint density at radius 2 is 1.85 bits per heavy atom. The van der Waals surface area contributed by atoms with E-state index in [1.54, 1.807) is 13.3 Å². The van der Waals surface area contributed by atoms with E-state index in [1.165, 1.54) is 0 Å². The van der Waals surface area contributed by atoms with E-state index in [9.17, 15) is 0 Å². The number of benzene rings is 2. The molecule has 7 nitrogen and oxygen atoms in total. The van der Waals surface area contributed by atoms with Crippen LogP contribution in [0, 0.1) is 0 Å². The van der Waals surface area contributed by atoms with Crippen molar-refractivity contribution in [1.29, 1.82) is 0 Å². The van der Waals surface area contributed by atoms with Crippen molar-refractivity contribution in [3.8, 4) is 11.7 Å². The number of rotatable bonds is 5. The molecule has 2 aromatic carbocycles. The number of nitrogens with one attached hydrogen (secondary N) is 1. The van der Waals surface area contributed by atoms with Crippen LogP contribution >= 0.6 is 0 Å². The van der Waals surface area contributed by atoms with Gasteiger partial charge >= 0.3 is 0 Å². The summed E-state index contributed by atoms with van der Waals surface area (Å²) in [7, 11) is 1.65. The van der Waals surface area contributed by atoms with E-state index in [1.807, 2.05) is 53.1 Å². The van der Waals surface area contributed by atoms with Crippen LogP contribution in [-0.2, 0) is 0 Å². The van der Waals surface area contributed by atoms with E-state index in [-0.39, 0.29) is 0 Å². The van der Waals surface area contributed by atoms with E-state index < -0.39 is 0 Å². The van der Waals surface area contributed by atoms with Crippen LogP contribution in [-0.4, -0.2) is 31.8 Å². The Morgan fingerprint density at radius 1 is 1.04 bits per heavy atom. The summed E-state index contributed by atoms with van der Waals surface area (Å²) in [6.07, 6.45) is 3.92. The van der Waals surface area contributed by atoms with E-state index in [2.05, 4.69) is 20.5 Å². The normalized spacial score (nSPS) is 13.7. The van der Waals surface area contributed by atoms with Crippen LogP contribution in [0.4, 0.5) is 11.5 Å². The third-order valence-electron chi connectivity index (χ3n) is 4.64. The van der Waals surface area contributed by atoms with Crippen molar-refractivity contribution in [3.63, 3.8) is 0 Å². The van der Waals surface area contributed by atoms with Crippen LogP contribution in [0.15, 0.2) is 54.7 Å². The average molecular weight is 358 g/mol. The fraction of sp³-hybridized carbons (Fsp3) is 0.200. The molecule has 4 aromatic rings. The summed E-state index contributed by atoms with van der Waals surface area (Å²) in [5.41, 5.74) is 2.86. The lowest BCUT2D eigenvalue weighted by molar-refractivity contribution is 0.415. The molecule has 0 bridgehead atoms.